The van der Waals surface area contributed by atoms with Crippen LogP contribution in [0, 0.1) is 5.92 Å². The SMILES string of the molecule is CN1CCCN2CCCN(CCCN(CC3CCCCC3)CC2)CC1. The van der Waals surface area contributed by atoms with Crippen molar-refractivity contribution in [2.24, 2.45) is 5.92 Å². The molecule has 0 amide bonds. The lowest BCUT2D eigenvalue weighted by atomic mass is 9.89. The second-order valence-electron chi connectivity index (χ2n) is 8.85. The summed E-state index contributed by atoms with van der Waals surface area (Å²) >= 11 is 0. The molecule has 0 aromatic carbocycles. The molecule has 0 radical (unpaired) electrons. The number of likely N-dealkylation sites (N-methyl/N-ethyl adjacent to an activating group) is 1. The molecule has 0 N–H and O–H groups in total. The predicted octanol–water partition coefficient (Wildman–Crippen LogP) is 2.60. The van der Waals surface area contributed by atoms with Gasteiger partial charge in [0.2, 0.25) is 0 Å². The number of fused-ring (bicyclic) bond motifs is 4. The molecule has 4 heteroatoms. The molecular formula is C21H42N4. The molecule has 1 aliphatic carbocycles. The molecule has 2 bridgehead atoms. The second kappa shape index (κ2) is 10.9. The van der Waals surface area contributed by atoms with Crippen LogP contribution in [0.25, 0.3) is 0 Å². The van der Waals surface area contributed by atoms with E-state index in [0.29, 0.717) is 0 Å². The molecule has 3 rings (SSSR count). The highest BCUT2D eigenvalue weighted by Crippen LogP contribution is 2.24. The first-order valence-corrected chi connectivity index (χ1v) is 11.2. The maximum atomic E-state index is 2.82. The molecule has 4 nitrogen and oxygen atoms in total. The fourth-order valence-corrected chi connectivity index (χ4v) is 5.01. The molecule has 3 aliphatic rings. The van der Waals surface area contributed by atoms with Gasteiger partial charge < -0.3 is 19.6 Å². The molecule has 146 valence electrons. The smallest absolute Gasteiger partial charge is 0.0109 e. The van der Waals surface area contributed by atoms with E-state index in [2.05, 4.69) is 26.6 Å². The maximum absolute atomic E-state index is 2.82. The first kappa shape index (κ1) is 19.6. The van der Waals surface area contributed by atoms with Crippen molar-refractivity contribution in [3.8, 4) is 0 Å². The Morgan fingerprint density at radius 2 is 1.16 bits per heavy atom. The van der Waals surface area contributed by atoms with Crippen molar-refractivity contribution in [2.75, 3.05) is 79.0 Å². The molecule has 0 aromatic heterocycles. The van der Waals surface area contributed by atoms with Gasteiger partial charge in [0, 0.05) is 32.7 Å². The minimum atomic E-state index is 0.982. The zero-order valence-corrected chi connectivity index (χ0v) is 16.8. The fourth-order valence-electron chi connectivity index (χ4n) is 5.01. The molecule has 0 aromatic rings. The monoisotopic (exact) mass is 350 g/mol. The van der Waals surface area contributed by atoms with Gasteiger partial charge in [-0.1, -0.05) is 19.3 Å². The minimum Gasteiger partial charge on any atom is -0.305 e. The quantitative estimate of drug-likeness (QED) is 0.759. The molecule has 0 spiro atoms. The topological polar surface area (TPSA) is 13.0 Å². The zero-order valence-electron chi connectivity index (χ0n) is 16.8. The van der Waals surface area contributed by atoms with E-state index >= 15 is 0 Å². The molecule has 2 aliphatic heterocycles. The number of rotatable bonds is 2. The van der Waals surface area contributed by atoms with E-state index < -0.39 is 0 Å². The Kier molecular flexibility index (Phi) is 8.51. The van der Waals surface area contributed by atoms with Crippen LogP contribution in [0.15, 0.2) is 0 Å². The summed E-state index contributed by atoms with van der Waals surface area (Å²) in [6.45, 7) is 14.2. The Morgan fingerprint density at radius 1 is 0.560 bits per heavy atom. The van der Waals surface area contributed by atoms with Gasteiger partial charge in [-0.3, -0.25) is 0 Å². The molecule has 3 fully saturated rings. The summed E-state index contributed by atoms with van der Waals surface area (Å²) in [4.78, 5) is 10.9. The van der Waals surface area contributed by atoms with Crippen LogP contribution in [0.1, 0.15) is 51.4 Å². The Labute approximate surface area is 156 Å². The summed E-state index contributed by atoms with van der Waals surface area (Å²) in [7, 11) is 2.30. The average molecular weight is 351 g/mol. The van der Waals surface area contributed by atoms with Gasteiger partial charge in [0.05, 0.1) is 0 Å². The summed E-state index contributed by atoms with van der Waals surface area (Å²) in [6, 6.07) is 0. The number of hydrogen-bond acceptors (Lipinski definition) is 4. The predicted molar refractivity (Wildman–Crippen MR) is 107 cm³/mol. The minimum absolute atomic E-state index is 0.982. The Hall–Kier alpha value is -0.160. The van der Waals surface area contributed by atoms with E-state index in [0.717, 1.165) is 5.92 Å². The van der Waals surface area contributed by atoms with Crippen molar-refractivity contribution in [1.29, 1.82) is 0 Å². The zero-order chi connectivity index (χ0) is 17.3. The third-order valence-electron chi connectivity index (χ3n) is 6.68. The standard InChI is InChI=1S/C21H42N4/c1-22-10-5-11-24-13-6-12-23(17-16-22)14-7-15-25(19-18-24)20-21-8-3-2-4-9-21/h21H,2-20H2,1H3. The fraction of sp³-hybridized carbons (Fsp3) is 1.00. The van der Waals surface area contributed by atoms with Crippen molar-refractivity contribution in [1.82, 2.24) is 19.6 Å². The van der Waals surface area contributed by atoms with E-state index in [-0.39, 0.29) is 0 Å². The van der Waals surface area contributed by atoms with Crippen LogP contribution < -0.4 is 0 Å². The van der Waals surface area contributed by atoms with Gasteiger partial charge in [0.1, 0.15) is 0 Å². The van der Waals surface area contributed by atoms with E-state index in [1.165, 1.54) is 123 Å². The summed E-state index contributed by atoms with van der Waals surface area (Å²) in [6.07, 6.45) is 11.4. The third kappa shape index (κ3) is 7.16. The van der Waals surface area contributed by atoms with Gasteiger partial charge in [0.25, 0.3) is 0 Å². The van der Waals surface area contributed by atoms with Gasteiger partial charge in [-0.25, -0.2) is 0 Å². The van der Waals surface area contributed by atoms with Gasteiger partial charge in [-0.15, -0.1) is 0 Å². The van der Waals surface area contributed by atoms with Crippen LogP contribution in [0.5, 0.6) is 0 Å². The molecule has 2 heterocycles. The van der Waals surface area contributed by atoms with Crippen LogP contribution in [0.4, 0.5) is 0 Å². The van der Waals surface area contributed by atoms with Crippen molar-refractivity contribution in [2.45, 2.75) is 51.4 Å². The van der Waals surface area contributed by atoms with Crippen LogP contribution in [0.3, 0.4) is 0 Å². The van der Waals surface area contributed by atoms with E-state index in [1.807, 2.05) is 0 Å². The Balaban J connectivity index is 1.58. The number of hydrogen-bond donors (Lipinski definition) is 0. The van der Waals surface area contributed by atoms with Gasteiger partial charge in [0.15, 0.2) is 0 Å². The third-order valence-corrected chi connectivity index (χ3v) is 6.68. The van der Waals surface area contributed by atoms with E-state index in [1.54, 1.807) is 0 Å². The van der Waals surface area contributed by atoms with Crippen LogP contribution in [-0.2, 0) is 0 Å². The lowest BCUT2D eigenvalue weighted by Crippen LogP contribution is -2.40. The molecule has 2 saturated heterocycles. The Morgan fingerprint density at radius 3 is 1.88 bits per heavy atom. The van der Waals surface area contributed by atoms with E-state index in [9.17, 15) is 0 Å². The van der Waals surface area contributed by atoms with Gasteiger partial charge in [-0.05, 0) is 84.3 Å². The summed E-state index contributed by atoms with van der Waals surface area (Å²) in [5.41, 5.74) is 0. The van der Waals surface area contributed by atoms with Crippen LogP contribution in [-0.4, -0.2) is 98.6 Å². The summed E-state index contributed by atoms with van der Waals surface area (Å²) in [5.74, 6) is 0.982. The molecular weight excluding hydrogens is 308 g/mol. The molecule has 2 unspecified atom stereocenters. The van der Waals surface area contributed by atoms with Gasteiger partial charge >= 0.3 is 0 Å². The first-order chi connectivity index (χ1) is 12.3. The van der Waals surface area contributed by atoms with E-state index in [4.69, 9.17) is 0 Å². The highest BCUT2D eigenvalue weighted by molar-refractivity contribution is 4.75. The normalized spacial score (nSPS) is 33.0. The summed E-state index contributed by atoms with van der Waals surface area (Å²) < 4.78 is 0. The average Bonchev–Trinajstić information content (AvgIpc) is 2.69. The second-order valence-corrected chi connectivity index (χ2v) is 8.85. The van der Waals surface area contributed by atoms with Crippen LogP contribution >= 0.6 is 0 Å². The first-order valence-electron chi connectivity index (χ1n) is 11.2. The molecule has 25 heavy (non-hydrogen) atoms. The maximum Gasteiger partial charge on any atom is 0.0109 e. The molecule has 1 saturated carbocycles. The Bertz CT molecular complexity index is 356. The van der Waals surface area contributed by atoms with Crippen LogP contribution in [0.2, 0.25) is 0 Å². The number of nitrogens with zero attached hydrogens (tertiary/aromatic N) is 4. The highest BCUT2D eigenvalue weighted by atomic mass is 15.2. The summed E-state index contributed by atoms with van der Waals surface area (Å²) in [5, 5.41) is 0. The van der Waals surface area contributed by atoms with Crippen molar-refractivity contribution >= 4 is 0 Å². The lowest BCUT2D eigenvalue weighted by molar-refractivity contribution is 0.161. The largest absolute Gasteiger partial charge is 0.305 e. The highest BCUT2D eigenvalue weighted by Gasteiger charge is 2.19. The molecule has 2 atom stereocenters. The van der Waals surface area contributed by atoms with Crippen molar-refractivity contribution in [3.05, 3.63) is 0 Å². The lowest BCUT2D eigenvalue weighted by Gasteiger charge is -2.32. The van der Waals surface area contributed by atoms with Gasteiger partial charge in [-0.2, -0.15) is 0 Å². The van der Waals surface area contributed by atoms with Crippen molar-refractivity contribution < 1.29 is 0 Å². The van der Waals surface area contributed by atoms with Crippen molar-refractivity contribution in [3.63, 3.8) is 0 Å².